The summed E-state index contributed by atoms with van der Waals surface area (Å²) in [5.41, 5.74) is -0.00544. The van der Waals surface area contributed by atoms with Gasteiger partial charge in [0.25, 0.3) is 0 Å². The maximum Gasteiger partial charge on any atom is 0.152 e. The van der Waals surface area contributed by atoms with Gasteiger partial charge in [-0.15, -0.1) is 0 Å². The summed E-state index contributed by atoms with van der Waals surface area (Å²) in [5.74, 6) is 0. The van der Waals surface area contributed by atoms with Gasteiger partial charge in [0.2, 0.25) is 0 Å². The Hall–Kier alpha value is -0.190. The molecule has 1 heterocycles. The summed E-state index contributed by atoms with van der Waals surface area (Å²) in [6, 6.07) is 0. The van der Waals surface area contributed by atoms with Gasteiger partial charge in [-0.05, 0) is 11.8 Å². The summed E-state index contributed by atoms with van der Waals surface area (Å²) >= 11 is 0. The molecule has 0 aliphatic carbocycles. The Kier molecular flexibility index (Phi) is 3.50. The van der Waals surface area contributed by atoms with Crippen molar-refractivity contribution in [3.63, 3.8) is 0 Å². The van der Waals surface area contributed by atoms with Crippen molar-refractivity contribution in [3.05, 3.63) is 0 Å². The largest absolute Gasteiger partial charge is 0.388 e. The standard InChI is InChI=1S/C10H19FO3/c1-10(2,3)4-7-9(13)8(12)6(11)5-14-7/h6-9,12-13H,4-5H2,1-3H3/t6-,7+,8+,9+/m0/s1. The first kappa shape index (κ1) is 11.9. The highest BCUT2D eigenvalue weighted by atomic mass is 19.1. The van der Waals surface area contributed by atoms with E-state index in [1.165, 1.54) is 0 Å². The number of aliphatic hydroxyl groups is 2. The molecule has 0 bridgehead atoms. The van der Waals surface area contributed by atoms with Crippen LogP contribution in [0.5, 0.6) is 0 Å². The van der Waals surface area contributed by atoms with Gasteiger partial charge < -0.3 is 14.9 Å². The summed E-state index contributed by atoms with van der Waals surface area (Å²) < 4.78 is 18.1. The minimum atomic E-state index is -1.47. The molecule has 4 heteroatoms. The predicted octanol–water partition coefficient (Wildman–Crippen LogP) is 0.881. The van der Waals surface area contributed by atoms with Crippen molar-refractivity contribution in [2.24, 2.45) is 5.41 Å². The molecule has 4 atom stereocenters. The molecule has 0 amide bonds. The zero-order valence-electron chi connectivity index (χ0n) is 8.90. The van der Waals surface area contributed by atoms with E-state index in [-0.39, 0.29) is 12.0 Å². The van der Waals surface area contributed by atoms with Gasteiger partial charge >= 0.3 is 0 Å². The fraction of sp³-hybridized carbons (Fsp3) is 1.00. The van der Waals surface area contributed by atoms with E-state index in [0.29, 0.717) is 6.42 Å². The van der Waals surface area contributed by atoms with Crippen LogP contribution >= 0.6 is 0 Å². The first-order valence-electron chi connectivity index (χ1n) is 4.93. The number of hydrogen-bond donors (Lipinski definition) is 2. The summed E-state index contributed by atoms with van der Waals surface area (Å²) in [5, 5.41) is 18.9. The highest BCUT2D eigenvalue weighted by Gasteiger charge is 2.39. The molecule has 0 unspecified atom stereocenters. The lowest BCUT2D eigenvalue weighted by molar-refractivity contribution is -0.175. The Morgan fingerprint density at radius 1 is 1.29 bits per heavy atom. The van der Waals surface area contributed by atoms with Gasteiger partial charge in [0.1, 0.15) is 12.2 Å². The predicted molar refractivity (Wildman–Crippen MR) is 50.7 cm³/mol. The van der Waals surface area contributed by atoms with Crippen LogP contribution in [0.3, 0.4) is 0 Å². The molecule has 0 radical (unpaired) electrons. The molecule has 1 rings (SSSR count). The van der Waals surface area contributed by atoms with Crippen molar-refractivity contribution in [3.8, 4) is 0 Å². The fourth-order valence-electron chi connectivity index (χ4n) is 1.63. The number of hydrogen-bond acceptors (Lipinski definition) is 3. The highest BCUT2D eigenvalue weighted by Crippen LogP contribution is 2.28. The molecule has 14 heavy (non-hydrogen) atoms. The number of alkyl halides is 1. The number of halogens is 1. The molecule has 3 nitrogen and oxygen atoms in total. The number of ether oxygens (including phenoxy) is 1. The molecule has 1 aliphatic heterocycles. The Balaban J connectivity index is 2.55. The quantitative estimate of drug-likeness (QED) is 0.669. The lowest BCUT2D eigenvalue weighted by Crippen LogP contribution is -2.52. The average Bonchev–Trinajstić information content (AvgIpc) is 2.04. The SMILES string of the molecule is CC(C)(C)C[C@H]1OC[C@H](F)[C@@H](O)[C@@H]1O. The zero-order valence-corrected chi connectivity index (χ0v) is 8.90. The third-order valence-corrected chi connectivity index (χ3v) is 2.38. The van der Waals surface area contributed by atoms with Crippen LogP contribution in [-0.2, 0) is 4.74 Å². The maximum absolute atomic E-state index is 12.9. The Labute approximate surface area is 83.9 Å². The molecular weight excluding hydrogens is 187 g/mol. The van der Waals surface area contributed by atoms with E-state index in [2.05, 4.69) is 0 Å². The number of rotatable bonds is 1. The molecule has 0 saturated carbocycles. The monoisotopic (exact) mass is 206 g/mol. The Morgan fingerprint density at radius 2 is 1.86 bits per heavy atom. The normalized spacial score (nSPS) is 39.9. The Bertz CT molecular complexity index is 190. The summed E-state index contributed by atoms with van der Waals surface area (Å²) in [4.78, 5) is 0. The van der Waals surface area contributed by atoms with Crippen molar-refractivity contribution in [2.45, 2.75) is 51.7 Å². The van der Waals surface area contributed by atoms with Crippen LogP contribution in [0.15, 0.2) is 0 Å². The molecule has 0 aromatic carbocycles. The van der Waals surface area contributed by atoms with Gasteiger partial charge in [0, 0.05) is 0 Å². The van der Waals surface area contributed by atoms with Gasteiger partial charge in [0.05, 0.1) is 12.7 Å². The maximum atomic E-state index is 12.9. The number of aliphatic hydroxyl groups excluding tert-OH is 2. The van der Waals surface area contributed by atoms with Crippen molar-refractivity contribution in [2.75, 3.05) is 6.61 Å². The Morgan fingerprint density at radius 3 is 2.36 bits per heavy atom. The van der Waals surface area contributed by atoms with Crippen LogP contribution in [0, 0.1) is 5.41 Å². The minimum Gasteiger partial charge on any atom is -0.388 e. The van der Waals surface area contributed by atoms with Gasteiger partial charge in [-0.2, -0.15) is 0 Å². The van der Waals surface area contributed by atoms with Crippen molar-refractivity contribution in [1.82, 2.24) is 0 Å². The topological polar surface area (TPSA) is 49.7 Å². The van der Waals surface area contributed by atoms with Gasteiger partial charge in [-0.1, -0.05) is 20.8 Å². The second kappa shape index (κ2) is 4.13. The molecule has 2 N–H and O–H groups in total. The molecule has 0 spiro atoms. The van der Waals surface area contributed by atoms with Crippen LogP contribution in [-0.4, -0.2) is 41.3 Å². The third-order valence-electron chi connectivity index (χ3n) is 2.38. The van der Waals surface area contributed by atoms with Gasteiger partial charge in [0.15, 0.2) is 6.17 Å². The van der Waals surface area contributed by atoms with Crippen LogP contribution in [0.25, 0.3) is 0 Å². The molecule has 1 aliphatic rings. The first-order valence-corrected chi connectivity index (χ1v) is 4.93. The summed E-state index contributed by atoms with van der Waals surface area (Å²) in [6.07, 6.45) is -3.75. The molecule has 0 aromatic rings. The lowest BCUT2D eigenvalue weighted by Gasteiger charge is -2.37. The first-order chi connectivity index (χ1) is 6.31. The second-order valence-corrected chi connectivity index (χ2v) is 5.13. The molecule has 1 fully saturated rings. The van der Waals surface area contributed by atoms with Crippen molar-refractivity contribution >= 4 is 0 Å². The van der Waals surface area contributed by atoms with Gasteiger partial charge in [-0.25, -0.2) is 4.39 Å². The van der Waals surface area contributed by atoms with Crippen LogP contribution < -0.4 is 0 Å². The molecule has 1 saturated heterocycles. The zero-order chi connectivity index (χ0) is 10.9. The molecule has 84 valence electrons. The van der Waals surface area contributed by atoms with Crippen LogP contribution in [0.2, 0.25) is 0 Å². The van der Waals surface area contributed by atoms with E-state index < -0.39 is 24.5 Å². The fourth-order valence-corrected chi connectivity index (χ4v) is 1.63. The summed E-state index contributed by atoms with van der Waals surface area (Å²) in [7, 11) is 0. The van der Waals surface area contributed by atoms with E-state index in [1.807, 2.05) is 20.8 Å². The van der Waals surface area contributed by atoms with Crippen molar-refractivity contribution < 1.29 is 19.3 Å². The van der Waals surface area contributed by atoms with E-state index >= 15 is 0 Å². The minimum absolute atomic E-state index is 0.00544. The van der Waals surface area contributed by atoms with Crippen LogP contribution in [0.1, 0.15) is 27.2 Å². The van der Waals surface area contributed by atoms with Gasteiger partial charge in [-0.3, -0.25) is 0 Å². The molecule has 0 aromatic heterocycles. The van der Waals surface area contributed by atoms with Crippen LogP contribution in [0.4, 0.5) is 4.39 Å². The average molecular weight is 206 g/mol. The highest BCUT2D eigenvalue weighted by molar-refractivity contribution is 4.88. The van der Waals surface area contributed by atoms with E-state index in [0.717, 1.165) is 0 Å². The van der Waals surface area contributed by atoms with E-state index in [9.17, 15) is 14.6 Å². The smallest absolute Gasteiger partial charge is 0.152 e. The van der Waals surface area contributed by atoms with E-state index in [1.54, 1.807) is 0 Å². The molecular formula is C10H19FO3. The third kappa shape index (κ3) is 2.90. The van der Waals surface area contributed by atoms with Crippen molar-refractivity contribution in [1.29, 1.82) is 0 Å². The van der Waals surface area contributed by atoms with E-state index in [4.69, 9.17) is 4.74 Å². The summed E-state index contributed by atoms with van der Waals surface area (Å²) in [6.45, 7) is 5.91. The second-order valence-electron chi connectivity index (χ2n) is 5.13. The lowest BCUT2D eigenvalue weighted by atomic mass is 9.85.